The zero-order chi connectivity index (χ0) is 21.8. The van der Waals surface area contributed by atoms with Gasteiger partial charge in [0.1, 0.15) is 29.8 Å². The van der Waals surface area contributed by atoms with Gasteiger partial charge in [-0.1, -0.05) is 24.8 Å². The predicted molar refractivity (Wildman–Crippen MR) is 109 cm³/mol. The molecule has 7 heteroatoms. The van der Waals surface area contributed by atoms with Gasteiger partial charge in [0.05, 0.1) is 5.56 Å². The number of amides is 2. The first-order chi connectivity index (χ1) is 14.4. The lowest BCUT2D eigenvalue weighted by atomic mass is 9.95. The molecule has 7 nitrogen and oxygen atoms in total. The lowest BCUT2D eigenvalue weighted by Crippen LogP contribution is -2.39. The number of rotatable bonds is 5. The summed E-state index contributed by atoms with van der Waals surface area (Å²) in [5.74, 6) is -0.766. The van der Waals surface area contributed by atoms with Gasteiger partial charge in [0.15, 0.2) is 0 Å². The van der Waals surface area contributed by atoms with Gasteiger partial charge in [-0.2, -0.15) is 5.26 Å². The summed E-state index contributed by atoms with van der Waals surface area (Å²) in [5, 5.41) is 9.24. The lowest BCUT2D eigenvalue weighted by Gasteiger charge is -2.23. The smallest absolute Gasteiger partial charge is 0.338 e. The number of hydrogen-bond donors (Lipinski definition) is 0. The summed E-state index contributed by atoms with van der Waals surface area (Å²) in [5.41, 5.74) is 1.44. The number of imide groups is 1. The maximum Gasteiger partial charge on any atom is 0.338 e. The van der Waals surface area contributed by atoms with Gasteiger partial charge in [0, 0.05) is 18.2 Å². The fourth-order valence-electron chi connectivity index (χ4n) is 2.94. The first kappa shape index (κ1) is 20.6. The van der Waals surface area contributed by atoms with Crippen molar-refractivity contribution >= 4 is 23.9 Å². The number of ether oxygens (including phenoxy) is 1. The number of furan rings is 1. The average Bonchev–Trinajstić information content (AvgIpc) is 3.23. The molecule has 150 valence electrons. The van der Waals surface area contributed by atoms with Crippen LogP contribution in [0.3, 0.4) is 0 Å². The fraction of sp³-hybridized carbons (Fsp3) is 0.130. The first-order valence-electron chi connectivity index (χ1n) is 9.01. The number of likely N-dealkylation sites (N-methyl/N-ethyl adjacent to an activating group) is 1. The van der Waals surface area contributed by atoms with Crippen LogP contribution >= 0.6 is 0 Å². The van der Waals surface area contributed by atoms with E-state index in [1.165, 1.54) is 19.2 Å². The van der Waals surface area contributed by atoms with E-state index in [0.717, 1.165) is 4.90 Å². The van der Waals surface area contributed by atoms with Crippen LogP contribution in [0.25, 0.3) is 17.4 Å². The van der Waals surface area contributed by atoms with Gasteiger partial charge in [-0.05, 0) is 42.8 Å². The zero-order valence-corrected chi connectivity index (χ0v) is 16.5. The van der Waals surface area contributed by atoms with Crippen molar-refractivity contribution in [2.45, 2.75) is 6.92 Å². The molecule has 1 aliphatic rings. The second-order valence-electron chi connectivity index (χ2n) is 6.51. The molecule has 0 N–H and O–H groups in total. The van der Waals surface area contributed by atoms with Gasteiger partial charge in [0.25, 0.3) is 11.8 Å². The molecule has 1 aromatic heterocycles. The van der Waals surface area contributed by atoms with Gasteiger partial charge >= 0.3 is 5.97 Å². The van der Waals surface area contributed by atoms with Crippen molar-refractivity contribution in [1.29, 1.82) is 5.26 Å². The SMILES string of the molecule is C=CCOC(=O)c1cccc(-c2ccc(/C=C3/C(=O)N(C)C(=O)C(C#N)=C3C)o2)c1. The van der Waals surface area contributed by atoms with Crippen molar-refractivity contribution in [2.75, 3.05) is 13.7 Å². The Morgan fingerprint density at radius 3 is 2.73 bits per heavy atom. The van der Waals surface area contributed by atoms with Crippen molar-refractivity contribution in [3.05, 3.63) is 77.1 Å². The second-order valence-corrected chi connectivity index (χ2v) is 6.51. The summed E-state index contributed by atoms with van der Waals surface area (Å²) in [6, 6.07) is 12.0. The number of nitrogens with zero attached hydrogens (tertiary/aromatic N) is 2. The van der Waals surface area contributed by atoms with E-state index in [0.29, 0.717) is 28.2 Å². The van der Waals surface area contributed by atoms with Crippen molar-refractivity contribution in [3.63, 3.8) is 0 Å². The van der Waals surface area contributed by atoms with Gasteiger partial charge in [0.2, 0.25) is 0 Å². The molecule has 2 heterocycles. The minimum absolute atomic E-state index is 0.0825. The molecule has 2 aromatic rings. The molecule has 0 saturated heterocycles. The van der Waals surface area contributed by atoms with Gasteiger partial charge in [-0.3, -0.25) is 14.5 Å². The molecular formula is C23H18N2O5. The Bertz CT molecular complexity index is 1160. The molecule has 0 spiro atoms. The van der Waals surface area contributed by atoms with Crippen LogP contribution in [0, 0.1) is 11.3 Å². The molecule has 0 atom stereocenters. The Balaban J connectivity index is 1.94. The maximum atomic E-state index is 12.5. The third kappa shape index (κ3) is 3.84. The summed E-state index contributed by atoms with van der Waals surface area (Å²) in [4.78, 5) is 37.5. The molecule has 0 bridgehead atoms. The summed E-state index contributed by atoms with van der Waals surface area (Å²) < 4.78 is 10.8. The molecule has 1 aromatic carbocycles. The van der Waals surface area contributed by atoms with Crippen LogP contribution in [0.4, 0.5) is 0 Å². The Kier molecular flexibility index (Phi) is 5.79. The van der Waals surface area contributed by atoms with Crippen LogP contribution in [0.1, 0.15) is 23.0 Å². The predicted octanol–water partition coefficient (Wildman–Crippen LogP) is 3.51. The molecule has 0 saturated carbocycles. The molecule has 0 aliphatic carbocycles. The second kappa shape index (κ2) is 8.45. The third-order valence-electron chi connectivity index (χ3n) is 4.57. The van der Waals surface area contributed by atoms with E-state index in [1.54, 1.807) is 43.3 Å². The molecule has 0 radical (unpaired) electrons. The topological polar surface area (TPSA) is 101 Å². The zero-order valence-electron chi connectivity index (χ0n) is 16.5. The van der Waals surface area contributed by atoms with Crippen LogP contribution in [-0.2, 0) is 14.3 Å². The molecule has 3 rings (SSSR count). The van der Waals surface area contributed by atoms with Gasteiger partial charge in [-0.25, -0.2) is 4.79 Å². The van der Waals surface area contributed by atoms with Crippen molar-refractivity contribution in [1.82, 2.24) is 4.90 Å². The van der Waals surface area contributed by atoms with E-state index >= 15 is 0 Å². The number of hydrogen-bond acceptors (Lipinski definition) is 6. The van der Waals surface area contributed by atoms with Crippen LogP contribution in [0.5, 0.6) is 0 Å². The summed E-state index contributed by atoms with van der Waals surface area (Å²) >= 11 is 0. The highest BCUT2D eigenvalue weighted by Gasteiger charge is 2.33. The third-order valence-corrected chi connectivity index (χ3v) is 4.57. The maximum absolute atomic E-state index is 12.5. The Hall–Kier alpha value is -4.18. The van der Waals surface area contributed by atoms with Crippen molar-refractivity contribution < 1.29 is 23.5 Å². The summed E-state index contributed by atoms with van der Waals surface area (Å²) in [6.07, 6.45) is 2.98. The first-order valence-corrected chi connectivity index (χ1v) is 9.01. The normalized spacial score (nSPS) is 15.4. The Morgan fingerprint density at radius 2 is 2.03 bits per heavy atom. The standard InChI is InChI=1S/C23H18N2O5/c1-4-10-29-23(28)16-7-5-6-15(11-16)20-9-8-17(30-20)12-18-14(2)19(13-24)22(27)25(3)21(18)26/h4-9,11-12H,1,10H2,2-3H3/b18-12+. The van der Waals surface area contributed by atoms with Crippen LogP contribution in [-0.4, -0.2) is 36.3 Å². The Labute approximate surface area is 173 Å². The minimum Gasteiger partial charge on any atom is -0.458 e. The van der Waals surface area contributed by atoms with Gasteiger partial charge < -0.3 is 9.15 Å². The lowest BCUT2D eigenvalue weighted by molar-refractivity contribution is -0.138. The molecular weight excluding hydrogens is 384 g/mol. The van der Waals surface area contributed by atoms with Gasteiger partial charge in [-0.15, -0.1) is 0 Å². The summed E-state index contributed by atoms with van der Waals surface area (Å²) in [6.45, 7) is 5.17. The highest BCUT2D eigenvalue weighted by molar-refractivity contribution is 6.19. The van der Waals surface area contributed by atoms with Crippen molar-refractivity contribution in [2.24, 2.45) is 0 Å². The Morgan fingerprint density at radius 1 is 1.27 bits per heavy atom. The molecule has 2 amide bonds. The number of nitriles is 1. The van der Waals surface area contributed by atoms with Crippen LogP contribution < -0.4 is 0 Å². The highest BCUT2D eigenvalue weighted by atomic mass is 16.5. The van der Waals surface area contributed by atoms with E-state index in [9.17, 15) is 19.6 Å². The number of carbonyl (C=O) groups is 3. The largest absolute Gasteiger partial charge is 0.458 e. The number of benzene rings is 1. The highest BCUT2D eigenvalue weighted by Crippen LogP contribution is 2.29. The van der Waals surface area contributed by atoms with Crippen molar-refractivity contribution in [3.8, 4) is 17.4 Å². The quantitative estimate of drug-likeness (QED) is 0.328. The number of esters is 1. The monoisotopic (exact) mass is 402 g/mol. The summed E-state index contributed by atoms with van der Waals surface area (Å²) in [7, 11) is 1.33. The molecule has 1 aliphatic heterocycles. The molecule has 0 fully saturated rings. The fourth-order valence-corrected chi connectivity index (χ4v) is 2.94. The number of carbonyl (C=O) groups excluding carboxylic acids is 3. The van der Waals surface area contributed by atoms with E-state index in [1.807, 2.05) is 6.07 Å². The molecule has 0 unspecified atom stereocenters. The molecule has 30 heavy (non-hydrogen) atoms. The van der Waals surface area contributed by atoms with E-state index in [-0.39, 0.29) is 17.8 Å². The average molecular weight is 402 g/mol. The van der Waals surface area contributed by atoms with E-state index in [4.69, 9.17) is 9.15 Å². The van der Waals surface area contributed by atoms with Crippen LogP contribution in [0.15, 0.2) is 70.2 Å². The van der Waals surface area contributed by atoms with Crippen LogP contribution in [0.2, 0.25) is 0 Å². The van der Waals surface area contributed by atoms with E-state index in [2.05, 4.69) is 6.58 Å². The minimum atomic E-state index is -0.627. The van der Waals surface area contributed by atoms with E-state index < -0.39 is 17.8 Å².